The Labute approximate surface area is 71.4 Å². The first-order valence-electron chi connectivity index (χ1n) is 3.90. The molecule has 0 aliphatic heterocycles. The maximum Gasteiger partial charge on any atom is 0.0601 e. The number of aryl methyl sites for hydroxylation is 2. The fraction of sp³-hybridized carbons (Fsp3) is 0.444. The van der Waals surface area contributed by atoms with Gasteiger partial charge in [-0.1, -0.05) is 29.2 Å². The maximum absolute atomic E-state index is 4.24. The van der Waals surface area contributed by atoms with E-state index < -0.39 is 0 Å². The highest BCUT2D eigenvalue weighted by Gasteiger charge is 1.90. The lowest BCUT2D eigenvalue weighted by molar-refractivity contribution is 1.22. The van der Waals surface area contributed by atoms with Gasteiger partial charge in [0.05, 0.1) is 5.44 Å². The normalized spacial score (nSPS) is 8.45. The molecule has 1 rings (SSSR count). The molecule has 0 saturated heterocycles. The summed E-state index contributed by atoms with van der Waals surface area (Å²) in [5.41, 5.74) is 3.35. The molecule has 1 heterocycles. The molecular formula is C9H16NP. The average molecular weight is 169 g/mol. The third kappa shape index (κ3) is 3.48. The molecule has 0 N–H and O–H groups in total. The highest BCUT2D eigenvalue weighted by molar-refractivity contribution is 7.27. The van der Waals surface area contributed by atoms with Crippen molar-refractivity contribution in [1.82, 2.24) is 4.98 Å². The molecule has 1 aromatic rings. The summed E-state index contributed by atoms with van der Waals surface area (Å²) >= 11 is 0. The predicted octanol–water partition coefficient (Wildman–Crippen LogP) is 2.23. The fourth-order valence-electron chi connectivity index (χ4n) is 0.646. The first-order valence-corrected chi connectivity index (χ1v) is 4.47. The summed E-state index contributed by atoms with van der Waals surface area (Å²) in [6, 6.07) is 4.09. The van der Waals surface area contributed by atoms with E-state index in [1.807, 2.05) is 26.8 Å². The molecule has 1 atom stereocenters. The van der Waals surface area contributed by atoms with Crippen LogP contribution in [-0.4, -0.2) is 4.98 Å². The van der Waals surface area contributed by atoms with Crippen LogP contribution in [0.2, 0.25) is 0 Å². The van der Waals surface area contributed by atoms with Crippen LogP contribution >= 0.6 is 9.24 Å². The molecule has 11 heavy (non-hydrogen) atoms. The van der Waals surface area contributed by atoms with Crippen molar-refractivity contribution in [3.63, 3.8) is 0 Å². The summed E-state index contributed by atoms with van der Waals surface area (Å²) in [6.45, 7) is 8.04. The molecule has 0 aromatic carbocycles. The Kier molecular flexibility index (Phi) is 5.06. The van der Waals surface area contributed by atoms with Gasteiger partial charge in [-0.05, 0) is 25.5 Å². The van der Waals surface area contributed by atoms with Crippen molar-refractivity contribution in [3.8, 4) is 0 Å². The minimum Gasteiger partial charge on any atom is -0.254 e. The van der Waals surface area contributed by atoms with E-state index in [4.69, 9.17) is 0 Å². The van der Waals surface area contributed by atoms with E-state index in [-0.39, 0.29) is 0 Å². The van der Waals surface area contributed by atoms with Crippen LogP contribution in [0.4, 0.5) is 0 Å². The van der Waals surface area contributed by atoms with Crippen LogP contribution in [0.25, 0.3) is 0 Å². The first-order chi connectivity index (χ1) is 5.20. The van der Waals surface area contributed by atoms with Crippen LogP contribution in [0.15, 0.2) is 12.1 Å². The quantitative estimate of drug-likeness (QED) is 0.543. The zero-order valence-corrected chi connectivity index (χ0v) is 8.83. The molecule has 2 heteroatoms. The van der Waals surface area contributed by atoms with Gasteiger partial charge >= 0.3 is 0 Å². The number of aromatic nitrogens is 1. The van der Waals surface area contributed by atoms with Crippen molar-refractivity contribution in [2.24, 2.45) is 0 Å². The van der Waals surface area contributed by atoms with Gasteiger partial charge in [0, 0.05) is 5.69 Å². The smallest absolute Gasteiger partial charge is 0.0601 e. The van der Waals surface area contributed by atoms with Crippen molar-refractivity contribution < 1.29 is 0 Å². The van der Waals surface area contributed by atoms with Gasteiger partial charge in [-0.25, -0.2) is 0 Å². The van der Waals surface area contributed by atoms with Crippen LogP contribution in [0.5, 0.6) is 0 Å². The molecule has 0 fully saturated rings. The van der Waals surface area contributed by atoms with Gasteiger partial charge in [-0.15, -0.1) is 0 Å². The lowest BCUT2D eigenvalue weighted by Gasteiger charge is -1.97. The van der Waals surface area contributed by atoms with Gasteiger partial charge in [0.25, 0.3) is 0 Å². The van der Waals surface area contributed by atoms with Crippen molar-refractivity contribution in [3.05, 3.63) is 23.4 Å². The molecule has 62 valence electrons. The van der Waals surface area contributed by atoms with E-state index in [0.717, 1.165) is 11.1 Å². The molecular weight excluding hydrogens is 153 g/mol. The standard InChI is InChI=1S/C7H10NP.C2H6/c1-5-3-4-6(2)8-7(5)9;1-2/h3-4H,9H2,1-2H3;1-2H3. The van der Waals surface area contributed by atoms with Crippen molar-refractivity contribution in [2.75, 3.05) is 0 Å². The molecule has 1 nitrogen and oxygen atoms in total. The highest BCUT2D eigenvalue weighted by atomic mass is 31.0. The van der Waals surface area contributed by atoms with E-state index in [9.17, 15) is 0 Å². The van der Waals surface area contributed by atoms with E-state index in [2.05, 4.69) is 27.2 Å². The second kappa shape index (κ2) is 5.26. The summed E-state index contributed by atoms with van der Waals surface area (Å²) in [5.74, 6) is 0. The number of hydrogen-bond acceptors (Lipinski definition) is 1. The topological polar surface area (TPSA) is 12.9 Å². The van der Waals surface area contributed by atoms with E-state index in [0.29, 0.717) is 0 Å². The largest absolute Gasteiger partial charge is 0.254 e. The molecule has 1 aromatic heterocycles. The second-order valence-corrected chi connectivity index (χ2v) is 2.70. The van der Waals surface area contributed by atoms with Crippen LogP contribution in [-0.2, 0) is 0 Å². The van der Waals surface area contributed by atoms with Crippen LogP contribution < -0.4 is 5.44 Å². The molecule has 0 saturated carbocycles. The Bertz CT molecular complexity index is 221. The van der Waals surface area contributed by atoms with Crippen molar-refractivity contribution in [2.45, 2.75) is 27.7 Å². The number of hydrogen-bond donors (Lipinski definition) is 0. The number of pyridine rings is 1. The van der Waals surface area contributed by atoms with Gasteiger partial charge < -0.3 is 0 Å². The van der Waals surface area contributed by atoms with Crippen LogP contribution in [0.1, 0.15) is 25.1 Å². The molecule has 0 aliphatic rings. The van der Waals surface area contributed by atoms with Gasteiger partial charge in [0.2, 0.25) is 0 Å². The third-order valence-electron chi connectivity index (χ3n) is 1.28. The Balaban J connectivity index is 0.000000461. The molecule has 0 spiro atoms. The Morgan fingerprint density at radius 3 is 2.09 bits per heavy atom. The summed E-state index contributed by atoms with van der Waals surface area (Å²) in [7, 11) is 2.61. The van der Waals surface area contributed by atoms with Crippen LogP contribution in [0, 0.1) is 13.8 Å². The molecule has 1 unspecified atom stereocenters. The molecule has 0 bridgehead atoms. The Morgan fingerprint density at radius 2 is 1.73 bits per heavy atom. The number of nitrogens with zero attached hydrogens (tertiary/aromatic N) is 1. The Morgan fingerprint density at radius 1 is 1.18 bits per heavy atom. The monoisotopic (exact) mass is 169 g/mol. The maximum atomic E-state index is 4.24. The van der Waals surface area contributed by atoms with E-state index in [1.165, 1.54) is 5.56 Å². The summed E-state index contributed by atoms with van der Waals surface area (Å²) in [4.78, 5) is 4.24. The number of rotatable bonds is 0. The zero-order chi connectivity index (χ0) is 8.85. The van der Waals surface area contributed by atoms with Gasteiger partial charge in [0.15, 0.2) is 0 Å². The van der Waals surface area contributed by atoms with Gasteiger partial charge in [0.1, 0.15) is 0 Å². The van der Waals surface area contributed by atoms with E-state index in [1.54, 1.807) is 0 Å². The average Bonchev–Trinajstić information content (AvgIpc) is 2.02. The minimum absolute atomic E-state index is 1.05. The fourth-order valence-corrected chi connectivity index (χ4v) is 0.946. The van der Waals surface area contributed by atoms with E-state index >= 15 is 0 Å². The van der Waals surface area contributed by atoms with Crippen LogP contribution in [0.3, 0.4) is 0 Å². The molecule has 0 aliphatic carbocycles. The predicted molar refractivity (Wildman–Crippen MR) is 54.4 cm³/mol. The van der Waals surface area contributed by atoms with Crippen molar-refractivity contribution in [1.29, 1.82) is 0 Å². The summed E-state index contributed by atoms with van der Waals surface area (Å²) in [6.07, 6.45) is 0. The summed E-state index contributed by atoms with van der Waals surface area (Å²) in [5, 5.41) is 0. The van der Waals surface area contributed by atoms with Gasteiger partial charge in [-0.2, -0.15) is 0 Å². The minimum atomic E-state index is 1.05. The summed E-state index contributed by atoms with van der Waals surface area (Å²) < 4.78 is 0. The molecule has 0 amide bonds. The lowest BCUT2D eigenvalue weighted by Crippen LogP contribution is -2.02. The lowest BCUT2D eigenvalue weighted by atomic mass is 10.3. The third-order valence-corrected chi connectivity index (χ3v) is 1.86. The second-order valence-electron chi connectivity index (χ2n) is 2.15. The highest BCUT2D eigenvalue weighted by Crippen LogP contribution is 1.97. The zero-order valence-electron chi connectivity index (χ0n) is 7.68. The van der Waals surface area contributed by atoms with Gasteiger partial charge in [-0.3, -0.25) is 4.98 Å². The SMILES string of the molecule is CC.Cc1ccc(C)c(P)n1. The Hall–Kier alpha value is -0.420. The van der Waals surface area contributed by atoms with Crippen molar-refractivity contribution >= 4 is 14.7 Å². The first kappa shape index (κ1) is 10.6. The molecule has 0 radical (unpaired) electrons.